The normalized spacial score (nSPS) is 11.4. The van der Waals surface area contributed by atoms with Crippen LogP contribution in [-0.2, 0) is 0 Å². The van der Waals surface area contributed by atoms with Crippen molar-refractivity contribution in [2.75, 3.05) is 0 Å². The molecule has 1 aromatic heterocycles. The summed E-state index contributed by atoms with van der Waals surface area (Å²) in [4.78, 5) is 0. The molecule has 0 aliphatic carbocycles. The Morgan fingerprint density at radius 2 is 0.787 bits per heavy atom. The standard InChI is InChI=1S/C46H37N/c1-30-28-31(2)33(4)44(32(30)3)46-39-23-15-14-22-38(39)45(36-20-12-7-13-21-36)40-25-24-37(29-41(40)46)47-42(34-16-8-5-9-17-34)26-27-43(47)35-18-10-6-11-19-35/h5-29H,1-4H3. The summed E-state index contributed by atoms with van der Waals surface area (Å²) in [5.41, 5.74) is 16.4. The van der Waals surface area contributed by atoms with Crippen molar-refractivity contribution in [2.45, 2.75) is 27.7 Å². The molecule has 8 aromatic rings. The Morgan fingerprint density at radius 1 is 0.340 bits per heavy atom. The van der Waals surface area contributed by atoms with Crippen molar-refractivity contribution >= 4 is 21.5 Å². The molecule has 226 valence electrons. The number of aryl methyl sites for hydroxylation is 2. The largest absolute Gasteiger partial charge is 0.309 e. The average molecular weight is 604 g/mol. The number of rotatable bonds is 5. The molecule has 0 spiro atoms. The first-order valence-corrected chi connectivity index (χ1v) is 16.5. The lowest BCUT2D eigenvalue weighted by Crippen LogP contribution is -2.01. The van der Waals surface area contributed by atoms with E-state index >= 15 is 0 Å². The third-order valence-electron chi connectivity index (χ3n) is 9.96. The van der Waals surface area contributed by atoms with Crippen LogP contribution in [0, 0.1) is 27.7 Å². The molecule has 0 amide bonds. The van der Waals surface area contributed by atoms with Gasteiger partial charge in [0.1, 0.15) is 0 Å². The number of fused-ring (bicyclic) bond motifs is 2. The van der Waals surface area contributed by atoms with Gasteiger partial charge in [0, 0.05) is 5.69 Å². The van der Waals surface area contributed by atoms with E-state index in [0.29, 0.717) is 0 Å². The molecule has 8 rings (SSSR count). The Hall–Kier alpha value is -5.66. The summed E-state index contributed by atoms with van der Waals surface area (Å²) in [6, 6.07) is 55.3. The summed E-state index contributed by atoms with van der Waals surface area (Å²) in [5.74, 6) is 0. The lowest BCUT2D eigenvalue weighted by atomic mass is 9.81. The van der Waals surface area contributed by atoms with Gasteiger partial charge in [0.05, 0.1) is 11.4 Å². The van der Waals surface area contributed by atoms with Crippen LogP contribution in [0.1, 0.15) is 22.3 Å². The van der Waals surface area contributed by atoms with Gasteiger partial charge in [-0.25, -0.2) is 0 Å². The van der Waals surface area contributed by atoms with E-state index in [9.17, 15) is 0 Å². The molecule has 0 radical (unpaired) electrons. The summed E-state index contributed by atoms with van der Waals surface area (Å²) in [6.45, 7) is 9.08. The maximum absolute atomic E-state index is 2.44. The van der Waals surface area contributed by atoms with Gasteiger partial charge in [0.2, 0.25) is 0 Å². The van der Waals surface area contributed by atoms with Crippen molar-refractivity contribution in [2.24, 2.45) is 0 Å². The van der Waals surface area contributed by atoms with E-state index in [1.54, 1.807) is 0 Å². The van der Waals surface area contributed by atoms with E-state index in [0.717, 1.165) is 5.69 Å². The second kappa shape index (κ2) is 11.6. The highest BCUT2D eigenvalue weighted by atomic mass is 15.0. The van der Waals surface area contributed by atoms with Gasteiger partial charge in [-0.3, -0.25) is 0 Å². The minimum atomic E-state index is 1.15. The van der Waals surface area contributed by atoms with Crippen molar-refractivity contribution in [1.82, 2.24) is 4.57 Å². The summed E-state index contributed by atoms with van der Waals surface area (Å²) < 4.78 is 2.44. The Bertz CT molecular complexity index is 2330. The van der Waals surface area contributed by atoms with Gasteiger partial charge < -0.3 is 4.57 Å². The molecule has 0 aliphatic heterocycles. The lowest BCUT2D eigenvalue weighted by molar-refractivity contribution is 1.10. The van der Waals surface area contributed by atoms with Crippen LogP contribution in [-0.4, -0.2) is 4.57 Å². The molecule has 0 saturated carbocycles. The SMILES string of the molecule is Cc1cc(C)c(C)c(-c2c3ccccc3c(-c3ccccc3)c3ccc(-n4c(-c5ccccc5)ccc4-c4ccccc4)cc23)c1C. The van der Waals surface area contributed by atoms with E-state index in [1.807, 2.05) is 0 Å². The summed E-state index contributed by atoms with van der Waals surface area (Å²) >= 11 is 0. The molecule has 0 bridgehead atoms. The van der Waals surface area contributed by atoms with Crippen molar-refractivity contribution in [3.63, 3.8) is 0 Å². The van der Waals surface area contributed by atoms with Crippen LogP contribution in [0.2, 0.25) is 0 Å². The number of aromatic nitrogens is 1. The van der Waals surface area contributed by atoms with Crippen molar-refractivity contribution in [3.05, 3.63) is 174 Å². The fourth-order valence-corrected chi connectivity index (χ4v) is 7.47. The summed E-state index contributed by atoms with van der Waals surface area (Å²) in [7, 11) is 0. The molecular weight excluding hydrogens is 567 g/mol. The third kappa shape index (κ3) is 4.78. The first-order valence-electron chi connectivity index (χ1n) is 16.5. The molecule has 0 aliphatic rings. The summed E-state index contributed by atoms with van der Waals surface area (Å²) in [5, 5.41) is 5.10. The summed E-state index contributed by atoms with van der Waals surface area (Å²) in [6.07, 6.45) is 0. The second-order valence-corrected chi connectivity index (χ2v) is 12.7. The van der Waals surface area contributed by atoms with Crippen LogP contribution in [0.25, 0.3) is 72.0 Å². The first kappa shape index (κ1) is 28.8. The minimum Gasteiger partial charge on any atom is -0.309 e. The number of hydrogen-bond acceptors (Lipinski definition) is 0. The predicted octanol–water partition coefficient (Wildman–Crippen LogP) is 12.7. The number of nitrogens with zero attached hydrogens (tertiary/aromatic N) is 1. The molecular formula is C46H37N. The van der Waals surface area contributed by atoms with E-state index in [2.05, 4.69) is 184 Å². The van der Waals surface area contributed by atoms with Gasteiger partial charge in [-0.2, -0.15) is 0 Å². The first-order chi connectivity index (χ1) is 23.0. The molecule has 0 fully saturated rings. The van der Waals surface area contributed by atoms with Gasteiger partial charge >= 0.3 is 0 Å². The van der Waals surface area contributed by atoms with E-state index in [-0.39, 0.29) is 0 Å². The van der Waals surface area contributed by atoms with E-state index in [4.69, 9.17) is 0 Å². The van der Waals surface area contributed by atoms with Crippen LogP contribution < -0.4 is 0 Å². The van der Waals surface area contributed by atoms with Crippen molar-refractivity contribution < 1.29 is 0 Å². The number of benzene rings is 7. The number of hydrogen-bond donors (Lipinski definition) is 0. The molecule has 47 heavy (non-hydrogen) atoms. The smallest absolute Gasteiger partial charge is 0.0535 e. The molecule has 0 saturated heterocycles. The van der Waals surface area contributed by atoms with Gasteiger partial charge in [-0.1, -0.05) is 127 Å². The molecule has 0 N–H and O–H groups in total. The van der Waals surface area contributed by atoms with Crippen LogP contribution in [0.3, 0.4) is 0 Å². The molecule has 1 heteroatoms. The predicted molar refractivity (Wildman–Crippen MR) is 201 cm³/mol. The van der Waals surface area contributed by atoms with E-state index < -0.39 is 0 Å². The molecule has 0 atom stereocenters. The van der Waals surface area contributed by atoms with Gasteiger partial charge in [-0.15, -0.1) is 0 Å². The Morgan fingerprint density at radius 3 is 1.32 bits per heavy atom. The monoisotopic (exact) mass is 603 g/mol. The maximum atomic E-state index is 2.44. The van der Waals surface area contributed by atoms with Crippen molar-refractivity contribution in [3.8, 4) is 50.5 Å². The van der Waals surface area contributed by atoms with Crippen LogP contribution in [0.5, 0.6) is 0 Å². The lowest BCUT2D eigenvalue weighted by Gasteiger charge is -2.23. The Kier molecular flexibility index (Phi) is 7.11. The van der Waals surface area contributed by atoms with Crippen LogP contribution in [0.15, 0.2) is 152 Å². The Balaban J connectivity index is 1.54. The maximum Gasteiger partial charge on any atom is 0.0535 e. The fourth-order valence-electron chi connectivity index (χ4n) is 7.47. The van der Waals surface area contributed by atoms with Crippen LogP contribution in [0.4, 0.5) is 0 Å². The van der Waals surface area contributed by atoms with Gasteiger partial charge in [-0.05, 0) is 129 Å². The highest BCUT2D eigenvalue weighted by Gasteiger charge is 2.22. The zero-order valence-electron chi connectivity index (χ0n) is 27.4. The van der Waals surface area contributed by atoms with Crippen LogP contribution >= 0.6 is 0 Å². The van der Waals surface area contributed by atoms with Crippen molar-refractivity contribution in [1.29, 1.82) is 0 Å². The quantitative estimate of drug-likeness (QED) is 0.172. The average Bonchev–Trinajstić information content (AvgIpc) is 3.57. The highest BCUT2D eigenvalue weighted by molar-refractivity contribution is 6.22. The molecule has 1 nitrogen and oxygen atoms in total. The zero-order valence-corrected chi connectivity index (χ0v) is 27.4. The minimum absolute atomic E-state index is 1.15. The molecule has 0 unspecified atom stereocenters. The third-order valence-corrected chi connectivity index (χ3v) is 9.96. The fraction of sp³-hybridized carbons (Fsp3) is 0.0870. The Labute approximate surface area is 277 Å². The highest BCUT2D eigenvalue weighted by Crippen LogP contribution is 2.47. The van der Waals surface area contributed by atoms with E-state index in [1.165, 1.54) is 88.6 Å². The van der Waals surface area contributed by atoms with Gasteiger partial charge in [0.15, 0.2) is 0 Å². The second-order valence-electron chi connectivity index (χ2n) is 12.7. The molecule has 7 aromatic carbocycles. The van der Waals surface area contributed by atoms with Gasteiger partial charge in [0.25, 0.3) is 0 Å². The molecule has 1 heterocycles. The topological polar surface area (TPSA) is 4.93 Å². The zero-order chi connectivity index (χ0) is 32.1.